The van der Waals surface area contributed by atoms with Gasteiger partial charge in [0.25, 0.3) is 0 Å². The van der Waals surface area contributed by atoms with Gasteiger partial charge in [-0.15, -0.1) is 0 Å². The van der Waals surface area contributed by atoms with Crippen LogP contribution in [0.15, 0.2) is 0 Å². The minimum Gasteiger partial charge on any atom is -0.466 e. The van der Waals surface area contributed by atoms with E-state index >= 15 is 0 Å². The predicted octanol–water partition coefficient (Wildman–Crippen LogP) is 7.28. The maximum absolute atomic E-state index is 11.6. The minimum absolute atomic E-state index is 0.0961. The molecule has 0 N–H and O–H groups in total. The van der Waals surface area contributed by atoms with Crippen molar-refractivity contribution in [3.63, 3.8) is 0 Å². The van der Waals surface area contributed by atoms with Gasteiger partial charge >= 0.3 is 11.9 Å². The summed E-state index contributed by atoms with van der Waals surface area (Å²) in [7, 11) is 0. The highest BCUT2D eigenvalue weighted by Gasteiger charge is 2.21. The van der Waals surface area contributed by atoms with Gasteiger partial charge in [0.05, 0.1) is 19.4 Å². The molecule has 1 aliphatic rings. The van der Waals surface area contributed by atoms with Crippen molar-refractivity contribution in [3.8, 4) is 0 Å². The summed E-state index contributed by atoms with van der Waals surface area (Å²) in [6.07, 6.45) is 23.3. The fourth-order valence-electron chi connectivity index (χ4n) is 3.67. The number of rotatable bonds is 20. The molecular weight excluding hydrogens is 364 g/mol. The molecule has 4 heteroatoms. The van der Waals surface area contributed by atoms with Crippen LogP contribution >= 0.6 is 0 Å². The predicted molar refractivity (Wildman–Crippen MR) is 119 cm³/mol. The first-order valence-corrected chi connectivity index (χ1v) is 12.6. The molecule has 0 bridgehead atoms. The zero-order valence-corrected chi connectivity index (χ0v) is 19.1. The molecule has 0 atom stereocenters. The Kier molecular flexibility index (Phi) is 17.0. The van der Waals surface area contributed by atoms with Gasteiger partial charge in [-0.3, -0.25) is 9.59 Å². The lowest BCUT2D eigenvalue weighted by Crippen LogP contribution is -2.25. The van der Waals surface area contributed by atoms with Crippen LogP contribution in [-0.2, 0) is 19.1 Å². The Labute approximate surface area is 179 Å². The van der Waals surface area contributed by atoms with Gasteiger partial charge < -0.3 is 9.47 Å². The van der Waals surface area contributed by atoms with E-state index in [-0.39, 0.29) is 30.9 Å². The maximum atomic E-state index is 11.6. The molecule has 29 heavy (non-hydrogen) atoms. The number of carbonyl (C=O) groups excluding carboxylic acids is 2. The number of hydrogen-bond donors (Lipinski definition) is 0. The van der Waals surface area contributed by atoms with Gasteiger partial charge in [-0.2, -0.15) is 0 Å². The second-order valence-electron chi connectivity index (χ2n) is 8.71. The second-order valence-corrected chi connectivity index (χ2v) is 8.71. The van der Waals surface area contributed by atoms with Crippen LogP contribution in [0.3, 0.4) is 0 Å². The molecule has 0 amide bonds. The molecule has 0 spiro atoms. The summed E-state index contributed by atoms with van der Waals surface area (Å²) in [4.78, 5) is 23.2. The zero-order valence-electron chi connectivity index (χ0n) is 19.1. The van der Waals surface area contributed by atoms with E-state index in [1.807, 2.05) is 0 Å². The molecule has 0 aromatic carbocycles. The monoisotopic (exact) mass is 410 g/mol. The van der Waals surface area contributed by atoms with Crippen molar-refractivity contribution in [3.05, 3.63) is 0 Å². The molecule has 0 radical (unpaired) electrons. The van der Waals surface area contributed by atoms with Crippen LogP contribution in [0.5, 0.6) is 0 Å². The molecule has 1 rings (SSSR count). The van der Waals surface area contributed by atoms with Crippen LogP contribution in [0.2, 0.25) is 0 Å². The lowest BCUT2D eigenvalue weighted by Gasteiger charge is -2.24. The molecule has 0 aromatic heterocycles. The Morgan fingerprint density at radius 1 is 0.655 bits per heavy atom. The summed E-state index contributed by atoms with van der Waals surface area (Å²) >= 11 is 0. The number of carbonyl (C=O) groups is 2. The molecule has 0 aromatic rings. The van der Waals surface area contributed by atoms with Crippen molar-refractivity contribution in [2.75, 3.05) is 6.61 Å². The average Bonchev–Trinajstić information content (AvgIpc) is 2.69. The summed E-state index contributed by atoms with van der Waals surface area (Å²) in [6.45, 7) is 2.75. The molecule has 4 nitrogen and oxygen atoms in total. The number of unbranched alkanes of at least 4 members (excludes halogenated alkanes) is 14. The summed E-state index contributed by atoms with van der Waals surface area (Å²) in [6, 6.07) is 0. The first kappa shape index (κ1) is 26.0. The fourth-order valence-corrected chi connectivity index (χ4v) is 3.67. The van der Waals surface area contributed by atoms with Crippen molar-refractivity contribution >= 4 is 11.9 Å². The largest absolute Gasteiger partial charge is 0.466 e. The summed E-state index contributed by atoms with van der Waals surface area (Å²) in [5, 5.41) is 0. The number of esters is 2. The fraction of sp³-hybridized carbons (Fsp3) is 0.920. The summed E-state index contributed by atoms with van der Waals surface area (Å²) in [5.41, 5.74) is 0. The van der Waals surface area contributed by atoms with Crippen molar-refractivity contribution in [1.29, 1.82) is 0 Å². The van der Waals surface area contributed by atoms with Gasteiger partial charge in [-0.25, -0.2) is 0 Å². The van der Waals surface area contributed by atoms with E-state index in [2.05, 4.69) is 6.92 Å². The van der Waals surface area contributed by atoms with E-state index in [1.165, 1.54) is 83.5 Å². The molecule has 1 aliphatic carbocycles. The first-order valence-electron chi connectivity index (χ1n) is 12.6. The van der Waals surface area contributed by atoms with Crippen LogP contribution in [0, 0.1) is 0 Å². The smallest absolute Gasteiger partial charge is 0.306 e. The van der Waals surface area contributed by atoms with Gasteiger partial charge in [0.1, 0.15) is 6.10 Å². The molecule has 1 fully saturated rings. The maximum Gasteiger partial charge on any atom is 0.306 e. The Hall–Kier alpha value is -1.06. The van der Waals surface area contributed by atoms with Gasteiger partial charge in [-0.05, 0) is 25.7 Å². The quantitative estimate of drug-likeness (QED) is 0.156. The Bertz CT molecular complexity index is 404. The molecule has 0 saturated heterocycles. The molecule has 0 unspecified atom stereocenters. The van der Waals surface area contributed by atoms with Crippen molar-refractivity contribution in [1.82, 2.24) is 0 Å². The van der Waals surface area contributed by atoms with Crippen LogP contribution in [0.4, 0.5) is 0 Å². The third-order valence-corrected chi connectivity index (χ3v) is 5.89. The van der Waals surface area contributed by atoms with E-state index in [0.29, 0.717) is 6.61 Å². The Balaban J connectivity index is 1.73. The van der Waals surface area contributed by atoms with Gasteiger partial charge in [0.2, 0.25) is 0 Å². The summed E-state index contributed by atoms with van der Waals surface area (Å²) < 4.78 is 10.4. The molecule has 1 saturated carbocycles. The lowest BCUT2D eigenvalue weighted by atomic mass is 9.96. The highest BCUT2D eigenvalue weighted by atomic mass is 16.5. The third-order valence-electron chi connectivity index (χ3n) is 5.89. The SMILES string of the molecule is CCCCCCCCCCCCCCCCCOC(=O)CCC(=O)OC1CCC1. The van der Waals surface area contributed by atoms with E-state index in [0.717, 1.165) is 32.1 Å². The normalized spacial score (nSPS) is 13.8. The highest BCUT2D eigenvalue weighted by Crippen LogP contribution is 2.22. The van der Waals surface area contributed by atoms with E-state index < -0.39 is 0 Å². The third kappa shape index (κ3) is 16.4. The molecule has 0 heterocycles. The van der Waals surface area contributed by atoms with Crippen molar-refractivity contribution < 1.29 is 19.1 Å². The van der Waals surface area contributed by atoms with Crippen LogP contribution in [-0.4, -0.2) is 24.6 Å². The van der Waals surface area contributed by atoms with Gasteiger partial charge in [-0.1, -0.05) is 96.8 Å². The van der Waals surface area contributed by atoms with Crippen molar-refractivity contribution in [2.45, 2.75) is 141 Å². The molecular formula is C25H46O4. The molecule has 170 valence electrons. The van der Waals surface area contributed by atoms with Crippen molar-refractivity contribution in [2.24, 2.45) is 0 Å². The standard InChI is InChI=1S/C25H46O4/c1-2-3-4-5-6-7-8-9-10-11-12-13-14-15-16-22-28-24(26)20-21-25(27)29-23-18-17-19-23/h23H,2-22H2,1H3. The minimum atomic E-state index is -0.277. The Morgan fingerprint density at radius 2 is 1.10 bits per heavy atom. The molecule has 0 aliphatic heterocycles. The Morgan fingerprint density at radius 3 is 1.55 bits per heavy atom. The number of ether oxygens (including phenoxy) is 2. The second kappa shape index (κ2) is 18.9. The number of hydrogen-bond acceptors (Lipinski definition) is 4. The van der Waals surface area contributed by atoms with E-state index in [1.54, 1.807) is 0 Å². The van der Waals surface area contributed by atoms with Crippen LogP contribution in [0.25, 0.3) is 0 Å². The van der Waals surface area contributed by atoms with Gasteiger partial charge in [0, 0.05) is 0 Å². The van der Waals surface area contributed by atoms with E-state index in [9.17, 15) is 9.59 Å². The highest BCUT2D eigenvalue weighted by molar-refractivity contribution is 5.77. The van der Waals surface area contributed by atoms with Crippen LogP contribution < -0.4 is 0 Å². The average molecular weight is 411 g/mol. The zero-order chi connectivity index (χ0) is 21.0. The summed E-state index contributed by atoms with van der Waals surface area (Å²) in [5.74, 6) is -0.542. The lowest BCUT2D eigenvalue weighted by molar-refractivity contribution is -0.156. The topological polar surface area (TPSA) is 52.6 Å². The van der Waals surface area contributed by atoms with E-state index in [4.69, 9.17) is 9.47 Å². The van der Waals surface area contributed by atoms with Gasteiger partial charge in [0.15, 0.2) is 0 Å². The first-order chi connectivity index (χ1) is 14.2. The van der Waals surface area contributed by atoms with Crippen LogP contribution in [0.1, 0.15) is 135 Å².